The van der Waals surface area contributed by atoms with Crippen LogP contribution >= 0.6 is 0 Å². The Bertz CT molecular complexity index is 1240. The zero-order valence-corrected chi connectivity index (χ0v) is 19.3. The molecule has 1 N–H and O–H groups in total. The molecule has 0 fully saturated rings. The molecule has 33 heavy (non-hydrogen) atoms. The largest absolute Gasteiger partial charge is 0.465 e. The molecular weight excluding hydrogens is 408 g/mol. The minimum atomic E-state index is -0.354. The zero-order chi connectivity index (χ0) is 22.8. The van der Waals surface area contributed by atoms with E-state index < -0.39 is 0 Å². The third-order valence-corrected chi connectivity index (χ3v) is 6.72. The number of para-hydroxylation sites is 1. The molecule has 1 aliphatic rings. The van der Waals surface area contributed by atoms with Crippen LogP contribution in [-0.2, 0) is 28.9 Å². The van der Waals surface area contributed by atoms with Gasteiger partial charge in [-0.05, 0) is 41.7 Å². The van der Waals surface area contributed by atoms with Crippen molar-refractivity contribution < 1.29 is 9.53 Å². The van der Waals surface area contributed by atoms with E-state index in [-0.39, 0.29) is 18.1 Å². The Kier molecular flexibility index (Phi) is 6.01. The molecule has 5 rings (SSSR count). The summed E-state index contributed by atoms with van der Waals surface area (Å²) in [5, 5.41) is 1.19. The van der Waals surface area contributed by atoms with Gasteiger partial charge in [-0.2, -0.15) is 0 Å². The highest BCUT2D eigenvalue weighted by molar-refractivity contribution is 5.87. The molecule has 1 aromatic heterocycles. The maximum Gasteiger partial charge on any atom is 0.323 e. The average Bonchev–Trinajstić information content (AvgIpc) is 3.22. The van der Waals surface area contributed by atoms with Gasteiger partial charge in [0.1, 0.15) is 6.04 Å². The zero-order valence-electron chi connectivity index (χ0n) is 19.3. The van der Waals surface area contributed by atoms with Crippen LogP contribution in [0.25, 0.3) is 10.9 Å². The van der Waals surface area contributed by atoms with Gasteiger partial charge in [0.2, 0.25) is 0 Å². The molecule has 2 heterocycles. The van der Waals surface area contributed by atoms with Crippen LogP contribution in [0.4, 0.5) is 0 Å². The predicted octanol–water partition coefficient (Wildman–Crippen LogP) is 5.81. The van der Waals surface area contributed by atoms with Crippen molar-refractivity contribution in [1.29, 1.82) is 0 Å². The van der Waals surface area contributed by atoms with Gasteiger partial charge < -0.3 is 9.72 Å². The summed E-state index contributed by atoms with van der Waals surface area (Å²) in [6.45, 7) is 5.09. The third kappa shape index (κ3) is 4.07. The number of aryl methyl sites for hydroxylation is 1. The van der Waals surface area contributed by atoms with Gasteiger partial charge in [-0.1, -0.05) is 79.7 Å². The first kappa shape index (κ1) is 21.5. The van der Waals surface area contributed by atoms with Crippen molar-refractivity contribution in [3.05, 3.63) is 107 Å². The van der Waals surface area contributed by atoms with Crippen LogP contribution in [0.1, 0.15) is 47.8 Å². The van der Waals surface area contributed by atoms with Gasteiger partial charge in [0.25, 0.3) is 0 Å². The summed E-state index contributed by atoms with van der Waals surface area (Å²) < 4.78 is 5.58. The highest BCUT2D eigenvalue weighted by atomic mass is 16.5. The molecule has 0 saturated carbocycles. The second-order valence-electron chi connectivity index (χ2n) is 8.69. The van der Waals surface area contributed by atoms with E-state index in [0.29, 0.717) is 19.6 Å². The number of fused-ring (bicyclic) bond motifs is 3. The van der Waals surface area contributed by atoms with Gasteiger partial charge >= 0.3 is 5.97 Å². The molecule has 0 amide bonds. The number of aromatic nitrogens is 1. The second-order valence-corrected chi connectivity index (χ2v) is 8.69. The molecule has 168 valence electrons. The van der Waals surface area contributed by atoms with Crippen LogP contribution in [0.3, 0.4) is 0 Å². The Morgan fingerprint density at radius 1 is 0.939 bits per heavy atom. The standard InChI is InChI=1S/C29H30N2O2/c1-3-20-14-16-22(17-15-20)28-27-24(23-12-8-9-13-25(23)30-27)18-26(29(32)33-4-2)31(28)19-21-10-6-5-7-11-21/h5-17,26,28,30H,3-4,18-19H2,1-2H3/t26-,28+/m0/s1. The van der Waals surface area contributed by atoms with Crippen LogP contribution in [0.15, 0.2) is 78.9 Å². The highest BCUT2D eigenvalue weighted by Gasteiger charge is 2.41. The van der Waals surface area contributed by atoms with E-state index in [0.717, 1.165) is 11.9 Å². The number of hydrogen-bond acceptors (Lipinski definition) is 3. The molecule has 0 saturated heterocycles. The topological polar surface area (TPSA) is 45.3 Å². The predicted molar refractivity (Wildman–Crippen MR) is 132 cm³/mol. The normalized spacial score (nSPS) is 18.2. The van der Waals surface area contributed by atoms with E-state index in [1.807, 2.05) is 13.0 Å². The molecular formula is C29H30N2O2. The van der Waals surface area contributed by atoms with E-state index in [4.69, 9.17) is 4.74 Å². The van der Waals surface area contributed by atoms with Crippen LogP contribution in [0, 0.1) is 0 Å². The van der Waals surface area contributed by atoms with Crippen LogP contribution in [0.5, 0.6) is 0 Å². The van der Waals surface area contributed by atoms with Crippen LogP contribution < -0.4 is 0 Å². The fourth-order valence-corrected chi connectivity index (χ4v) is 5.08. The first-order valence-electron chi connectivity index (χ1n) is 11.8. The summed E-state index contributed by atoms with van der Waals surface area (Å²) in [5.74, 6) is -0.153. The summed E-state index contributed by atoms with van der Waals surface area (Å²) in [6.07, 6.45) is 1.64. The number of ether oxygens (including phenoxy) is 1. The van der Waals surface area contributed by atoms with Crippen molar-refractivity contribution >= 4 is 16.9 Å². The lowest BCUT2D eigenvalue weighted by molar-refractivity contribution is -0.151. The molecule has 0 aliphatic carbocycles. The van der Waals surface area contributed by atoms with Crippen LogP contribution in [-0.4, -0.2) is 28.5 Å². The van der Waals surface area contributed by atoms with Crippen molar-refractivity contribution in [2.75, 3.05) is 6.61 Å². The molecule has 1 aliphatic heterocycles. The van der Waals surface area contributed by atoms with Crippen molar-refractivity contribution in [2.24, 2.45) is 0 Å². The number of rotatable bonds is 6. The molecule has 0 spiro atoms. The Hall–Kier alpha value is -3.37. The number of nitrogens with zero attached hydrogens (tertiary/aromatic N) is 1. The van der Waals surface area contributed by atoms with Gasteiger partial charge in [-0.3, -0.25) is 9.69 Å². The average molecular weight is 439 g/mol. The fraction of sp³-hybridized carbons (Fsp3) is 0.276. The maximum atomic E-state index is 13.3. The van der Waals surface area contributed by atoms with Gasteiger partial charge in [0.05, 0.1) is 12.6 Å². The molecule has 4 heteroatoms. The van der Waals surface area contributed by atoms with Crippen molar-refractivity contribution in [1.82, 2.24) is 9.88 Å². The fourth-order valence-electron chi connectivity index (χ4n) is 5.08. The second kappa shape index (κ2) is 9.24. The molecule has 4 aromatic rings. The van der Waals surface area contributed by atoms with Gasteiger partial charge in [-0.15, -0.1) is 0 Å². The number of H-pyrrole nitrogens is 1. The SMILES string of the molecule is CCOC(=O)[C@@H]1Cc2c([nH]c3ccccc23)[C@@H](c2ccc(CC)cc2)N1Cc1ccccc1. The lowest BCUT2D eigenvalue weighted by atomic mass is 9.87. The van der Waals surface area contributed by atoms with Gasteiger partial charge in [0.15, 0.2) is 0 Å². The summed E-state index contributed by atoms with van der Waals surface area (Å²) in [5.41, 5.74) is 7.19. The molecule has 0 bridgehead atoms. The first-order chi connectivity index (χ1) is 16.2. The van der Waals surface area contributed by atoms with E-state index in [2.05, 4.69) is 89.6 Å². The Balaban J connectivity index is 1.69. The number of aromatic amines is 1. The monoisotopic (exact) mass is 438 g/mol. The lowest BCUT2D eigenvalue weighted by Crippen LogP contribution is -2.48. The Labute approximate surface area is 195 Å². The van der Waals surface area contributed by atoms with Gasteiger partial charge in [-0.25, -0.2) is 0 Å². The lowest BCUT2D eigenvalue weighted by Gasteiger charge is -2.41. The Morgan fingerprint density at radius 3 is 2.39 bits per heavy atom. The molecule has 3 aromatic carbocycles. The Morgan fingerprint density at radius 2 is 1.67 bits per heavy atom. The minimum absolute atomic E-state index is 0.0679. The number of carbonyl (C=O) groups excluding carboxylic acids is 1. The molecule has 2 atom stereocenters. The number of nitrogens with one attached hydrogen (secondary N) is 1. The van der Waals surface area contributed by atoms with E-state index >= 15 is 0 Å². The summed E-state index contributed by atoms with van der Waals surface area (Å²) in [7, 11) is 0. The number of carbonyl (C=O) groups is 1. The van der Waals surface area contributed by atoms with Crippen molar-refractivity contribution in [3.63, 3.8) is 0 Å². The maximum absolute atomic E-state index is 13.3. The van der Waals surface area contributed by atoms with Crippen molar-refractivity contribution in [3.8, 4) is 0 Å². The summed E-state index contributed by atoms with van der Waals surface area (Å²) >= 11 is 0. The third-order valence-electron chi connectivity index (χ3n) is 6.72. The van der Waals surface area contributed by atoms with Crippen LogP contribution in [0.2, 0.25) is 0 Å². The van der Waals surface area contributed by atoms with Gasteiger partial charge in [0, 0.05) is 29.6 Å². The number of hydrogen-bond donors (Lipinski definition) is 1. The molecule has 4 nitrogen and oxygen atoms in total. The van der Waals surface area contributed by atoms with E-state index in [1.165, 1.54) is 33.3 Å². The molecule has 0 radical (unpaired) electrons. The number of esters is 1. The summed E-state index contributed by atoms with van der Waals surface area (Å²) in [6, 6.07) is 27.2. The highest BCUT2D eigenvalue weighted by Crippen LogP contribution is 2.42. The van der Waals surface area contributed by atoms with E-state index in [9.17, 15) is 4.79 Å². The van der Waals surface area contributed by atoms with Crippen molar-refractivity contribution in [2.45, 2.75) is 45.3 Å². The number of benzene rings is 3. The smallest absolute Gasteiger partial charge is 0.323 e. The molecule has 0 unspecified atom stereocenters. The van der Waals surface area contributed by atoms with E-state index in [1.54, 1.807) is 0 Å². The summed E-state index contributed by atoms with van der Waals surface area (Å²) in [4.78, 5) is 19.3. The first-order valence-corrected chi connectivity index (χ1v) is 11.8. The quantitative estimate of drug-likeness (QED) is 0.387. The minimum Gasteiger partial charge on any atom is -0.465 e.